The lowest BCUT2D eigenvalue weighted by Gasteiger charge is -2.32. The molecule has 1 saturated heterocycles. The number of allylic oxidation sites excluding steroid dienone is 2. The molecule has 1 aliphatic carbocycles. The number of hydrogen-bond acceptors (Lipinski definition) is 2. The topological polar surface area (TPSA) is 29.1 Å². The molecule has 1 atom stereocenters. The minimum absolute atomic E-state index is 0.120. The number of hydrogen-bond donors (Lipinski definition) is 1. The predicted molar refractivity (Wildman–Crippen MR) is 75.5 cm³/mol. The highest BCUT2D eigenvalue weighted by Gasteiger charge is 2.44. The standard InChI is InChI=1S/C16H27NO/c1-13(2)16(10-11-17-12-16)15(18)14-8-6-4-3-5-7-9-14/h8,13,17H,3-7,9-12H2,1-2H3. The minimum Gasteiger partial charge on any atom is -0.316 e. The van der Waals surface area contributed by atoms with E-state index < -0.39 is 0 Å². The molecule has 1 unspecified atom stereocenters. The Morgan fingerprint density at radius 2 is 2.06 bits per heavy atom. The molecule has 0 saturated carbocycles. The van der Waals surface area contributed by atoms with Gasteiger partial charge in [0, 0.05) is 12.0 Å². The summed E-state index contributed by atoms with van der Waals surface area (Å²) in [6.45, 7) is 6.28. The monoisotopic (exact) mass is 249 g/mol. The van der Waals surface area contributed by atoms with E-state index in [1.807, 2.05) is 0 Å². The van der Waals surface area contributed by atoms with Crippen molar-refractivity contribution in [3.63, 3.8) is 0 Å². The highest BCUT2D eigenvalue weighted by atomic mass is 16.1. The van der Waals surface area contributed by atoms with E-state index in [1.54, 1.807) is 0 Å². The largest absolute Gasteiger partial charge is 0.316 e. The summed E-state index contributed by atoms with van der Waals surface area (Å²) in [5, 5.41) is 3.39. The molecule has 0 aromatic heterocycles. The zero-order chi connectivity index (χ0) is 13.0. The van der Waals surface area contributed by atoms with Crippen LogP contribution < -0.4 is 5.32 Å². The number of rotatable bonds is 3. The van der Waals surface area contributed by atoms with E-state index in [4.69, 9.17) is 0 Å². The van der Waals surface area contributed by atoms with Gasteiger partial charge >= 0.3 is 0 Å². The Morgan fingerprint density at radius 3 is 2.72 bits per heavy atom. The first kappa shape index (κ1) is 13.8. The smallest absolute Gasteiger partial charge is 0.166 e. The molecule has 102 valence electrons. The summed E-state index contributed by atoms with van der Waals surface area (Å²) < 4.78 is 0. The van der Waals surface area contributed by atoms with E-state index in [2.05, 4.69) is 25.2 Å². The first-order valence-corrected chi connectivity index (χ1v) is 7.61. The Bertz CT molecular complexity index is 324. The maximum atomic E-state index is 12.9. The van der Waals surface area contributed by atoms with Crippen LogP contribution in [-0.4, -0.2) is 18.9 Å². The molecule has 2 aliphatic rings. The lowest BCUT2D eigenvalue weighted by atomic mass is 9.70. The van der Waals surface area contributed by atoms with Gasteiger partial charge in [0.2, 0.25) is 0 Å². The molecule has 0 amide bonds. The first-order valence-electron chi connectivity index (χ1n) is 7.61. The van der Waals surface area contributed by atoms with Crippen molar-refractivity contribution in [3.05, 3.63) is 11.6 Å². The molecular weight excluding hydrogens is 222 g/mol. The van der Waals surface area contributed by atoms with Crippen LogP contribution in [0.5, 0.6) is 0 Å². The van der Waals surface area contributed by atoms with Crippen molar-refractivity contribution in [2.24, 2.45) is 11.3 Å². The molecule has 18 heavy (non-hydrogen) atoms. The summed E-state index contributed by atoms with van der Waals surface area (Å²) in [4.78, 5) is 12.9. The van der Waals surface area contributed by atoms with Crippen LogP contribution in [0.15, 0.2) is 11.6 Å². The molecular formula is C16H27NO. The molecule has 1 fully saturated rings. The lowest BCUT2D eigenvalue weighted by molar-refractivity contribution is -0.126. The molecule has 1 aliphatic heterocycles. The van der Waals surface area contributed by atoms with Crippen LogP contribution in [0.3, 0.4) is 0 Å². The highest BCUT2D eigenvalue weighted by Crippen LogP contribution is 2.38. The van der Waals surface area contributed by atoms with Gasteiger partial charge in [0.15, 0.2) is 5.78 Å². The van der Waals surface area contributed by atoms with Gasteiger partial charge in [0.25, 0.3) is 0 Å². The van der Waals surface area contributed by atoms with E-state index in [0.717, 1.165) is 37.9 Å². The second-order valence-corrected chi connectivity index (χ2v) is 6.25. The lowest BCUT2D eigenvalue weighted by Crippen LogP contribution is -2.39. The van der Waals surface area contributed by atoms with Gasteiger partial charge in [-0.3, -0.25) is 4.79 Å². The van der Waals surface area contributed by atoms with Crippen molar-refractivity contribution < 1.29 is 4.79 Å². The fourth-order valence-electron chi connectivity index (χ4n) is 3.38. The second kappa shape index (κ2) is 6.01. The van der Waals surface area contributed by atoms with E-state index in [0.29, 0.717) is 11.7 Å². The number of carbonyl (C=O) groups is 1. The van der Waals surface area contributed by atoms with E-state index in [1.165, 1.54) is 25.7 Å². The average molecular weight is 249 g/mol. The Hall–Kier alpha value is -0.630. The van der Waals surface area contributed by atoms with Crippen molar-refractivity contribution in [3.8, 4) is 0 Å². The third-order valence-corrected chi connectivity index (χ3v) is 4.83. The predicted octanol–water partition coefficient (Wildman–Crippen LogP) is 3.47. The van der Waals surface area contributed by atoms with Gasteiger partial charge in [0.05, 0.1) is 0 Å². The molecule has 0 aromatic rings. The average Bonchev–Trinajstić information content (AvgIpc) is 2.77. The molecule has 0 bridgehead atoms. The Kier molecular flexibility index (Phi) is 4.60. The first-order chi connectivity index (χ1) is 8.67. The highest BCUT2D eigenvalue weighted by molar-refractivity contribution is 6.00. The van der Waals surface area contributed by atoms with Gasteiger partial charge in [-0.25, -0.2) is 0 Å². The van der Waals surface area contributed by atoms with Gasteiger partial charge in [-0.15, -0.1) is 0 Å². The molecule has 0 aromatic carbocycles. The fraction of sp³-hybridized carbons (Fsp3) is 0.812. The van der Waals surface area contributed by atoms with Crippen LogP contribution in [0.25, 0.3) is 0 Å². The maximum Gasteiger partial charge on any atom is 0.166 e. The van der Waals surface area contributed by atoms with E-state index in [9.17, 15) is 4.79 Å². The van der Waals surface area contributed by atoms with Crippen LogP contribution in [0.1, 0.15) is 58.8 Å². The summed E-state index contributed by atoms with van der Waals surface area (Å²) in [7, 11) is 0. The second-order valence-electron chi connectivity index (χ2n) is 6.25. The summed E-state index contributed by atoms with van der Waals surface area (Å²) in [6.07, 6.45) is 10.4. The number of Topliss-reactive ketones (excluding diaryl/α,β-unsaturated/α-hetero) is 1. The Labute approximate surface area is 111 Å². The SMILES string of the molecule is CC(C)C1(C(=O)C2=CCCCCCC2)CCNC1. The zero-order valence-electron chi connectivity index (χ0n) is 11.9. The van der Waals surface area contributed by atoms with Crippen LogP contribution in [0.2, 0.25) is 0 Å². The molecule has 2 rings (SSSR count). The molecule has 0 spiro atoms. The quantitative estimate of drug-likeness (QED) is 0.829. The molecule has 1 N–H and O–H groups in total. The van der Waals surface area contributed by atoms with Crippen molar-refractivity contribution in [2.45, 2.75) is 58.8 Å². The van der Waals surface area contributed by atoms with Crippen LogP contribution in [0.4, 0.5) is 0 Å². The van der Waals surface area contributed by atoms with Gasteiger partial charge in [-0.05, 0) is 50.1 Å². The van der Waals surface area contributed by atoms with Gasteiger partial charge in [-0.2, -0.15) is 0 Å². The van der Waals surface area contributed by atoms with Gasteiger partial charge in [-0.1, -0.05) is 32.8 Å². The van der Waals surface area contributed by atoms with E-state index in [-0.39, 0.29) is 5.41 Å². The minimum atomic E-state index is -0.120. The summed E-state index contributed by atoms with van der Waals surface area (Å²) in [5.74, 6) is 0.885. The zero-order valence-corrected chi connectivity index (χ0v) is 11.9. The van der Waals surface area contributed by atoms with Crippen molar-refractivity contribution in [1.29, 1.82) is 0 Å². The Balaban J connectivity index is 2.17. The van der Waals surface area contributed by atoms with Gasteiger partial charge in [0.1, 0.15) is 0 Å². The van der Waals surface area contributed by atoms with E-state index >= 15 is 0 Å². The Morgan fingerprint density at radius 1 is 1.28 bits per heavy atom. The third kappa shape index (κ3) is 2.69. The number of ketones is 1. The summed E-state index contributed by atoms with van der Waals surface area (Å²) in [5.41, 5.74) is 1.01. The van der Waals surface area contributed by atoms with Gasteiger partial charge < -0.3 is 5.32 Å². The number of nitrogens with one attached hydrogen (secondary N) is 1. The molecule has 2 heteroatoms. The van der Waals surface area contributed by atoms with Crippen molar-refractivity contribution >= 4 is 5.78 Å². The molecule has 0 radical (unpaired) electrons. The fourth-order valence-corrected chi connectivity index (χ4v) is 3.38. The van der Waals surface area contributed by atoms with Crippen LogP contribution in [0, 0.1) is 11.3 Å². The maximum absolute atomic E-state index is 12.9. The third-order valence-electron chi connectivity index (χ3n) is 4.83. The van der Waals surface area contributed by atoms with Crippen LogP contribution in [-0.2, 0) is 4.79 Å². The molecule has 2 nitrogen and oxygen atoms in total. The number of carbonyl (C=O) groups excluding carboxylic acids is 1. The van der Waals surface area contributed by atoms with Crippen LogP contribution >= 0.6 is 0 Å². The van der Waals surface area contributed by atoms with Crippen molar-refractivity contribution in [2.75, 3.05) is 13.1 Å². The normalized spacial score (nSPS) is 29.8. The molecule has 1 heterocycles. The van der Waals surface area contributed by atoms with Crippen molar-refractivity contribution in [1.82, 2.24) is 5.32 Å². The summed E-state index contributed by atoms with van der Waals surface area (Å²) in [6, 6.07) is 0. The summed E-state index contributed by atoms with van der Waals surface area (Å²) >= 11 is 0.